The van der Waals surface area contributed by atoms with Crippen molar-refractivity contribution in [2.24, 2.45) is 4.99 Å². The fourth-order valence-electron chi connectivity index (χ4n) is 3.59. The third-order valence-electron chi connectivity index (χ3n) is 4.81. The number of aliphatic imine (C=N–C) groups is 1. The summed E-state index contributed by atoms with van der Waals surface area (Å²) in [5, 5.41) is 3.06. The van der Waals surface area contributed by atoms with Gasteiger partial charge in [0.15, 0.2) is 5.76 Å². The van der Waals surface area contributed by atoms with Gasteiger partial charge in [0.25, 0.3) is 0 Å². The van der Waals surface area contributed by atoms with E-state index in [0.717, 1.165) is 39.2 Å². The van der Waals surface area contributed by atoms with E-state index < -0.39 is 0 Å². The smallest absolute Gasteiger partial charge is 0.165 e. The highest BCUT2D eigenvalue weighted by Gasteiger charge is 2.25. The van der Waals surface area contributed by atoms with Crippen molar-refractivity contribution in [3.8, 4) is 11.4 Å². The normalized spacial score (nSPS) is 13.1. The van der Waals surface area contributed by atoms with E-state index in [4.69, 9.17) is 37.3 Å². The molecular formula is C21H14Cl2N2O2. The van der Waals surface area contributed by atoms with Crippen LogP contribution in [0.2, 0.25) is 10.0 Å². The van der Waals surface area contributed by atoms with Crippen molar-refractivity contribution in [2.75, 3.05) is 7.11 Å². The summed E-state index contributed by atoms with van der Waals surface area (Å²) in [6.07, 6.45) is 3.70. The summed E-state index contributed by atoms with van der Waals surface area (Å²) >= 11 is 12.7. The van der Waals surface area contributed by atoms with Crippen molar-refractivity contribution < 1.29 is 9.15 Å². The number of hydrogen-bond acceptors (Lipinski definition) is 3. The van der Waals surface area contributed by atoms with Crippen LogP contribution in [0.5, 0.6) is 5.75 Å². The second kappa shape index (κ2) is 6.19. The molecule has 2 aromatic carbocycles. The molecule has 0 atom stereocenters. The summed E-state index contributed by atoms with van der Waals surface area (Å²) in [5.74, 6) is 1.43. The molecule has 5 rings (SSSR count). The lowest BCUT2D eigenvalue weighted by Crippen LogP contribution is -2.08. The third kappa shape index (κ3) is 2.48. The van der Waals surface area contributed by atoms with Crippen molar-refractivity contribution in [2.45, 2.75) is 6.54 Å². The Morgan fingerprint density at radius 2 is 2.04 bits per heavy atom. The number of rotatable bonds is 2. The number of halogens is 2. The Hall–Kier alpha value is -2.69. The van der Waals surface area contributed by atoms with Gasteiger partial charge >= 0.3 is 0 Å². The maximum atomic E-state index is 6.46. The van der Waals surface area contributed by atoms with Gasteiger partial charge in [0, 0.05) is 27.2 Å². The van der Waals surface area contributed by atoms with Gasteiger partial charge in [-0.05, 0) is 30.3 Å². The van der Waals surface area contributed by atoms with E-state index in [1.165, 1.54) is 0 Å². The van der Waals surface area contributed by atoms with Gasteiger partial charge < -0.3 is 13.7 Å². The van der Waals surface area contributed by atoms with Gasteiger partial charge in [-0.25, -0.2) is 0 Å². The van der Waals surface area contributed by atoms with Crippen LogP contribution in [0.15, 0.2) is 64.3 Å². The molecule has 0 amide bonds. The molecule has 0 spiro atoms. The maximum Gasteiger partial charge on any atom is 0.165 e. The molecule has 4 nitrogen and oxygen atoms in total. The highest BCUT2D eigenvalue weighted by Crippen LogP contribution is 2.36. The first-order valence-corrected chi connectivity index (χ1v) is 9.18. The van der Waals surface area contributed by atoms with Gasteiger partial charge in [-0.3, -0.25) is 4.99 Å². The third-order valence-corrected chi connectivity index (χ3v) is 5.36. The van der Waals surface area contributed by atoms with E-state index in [-0.39, 0.29) is 0 Å². The Kier molecular flexibility index (Phi) is 3.78. The van der Waals surface area contributed by atoms with Crippen LogP contribution < -0.4 is 4.74 Å². The number of methoxy groups -OCH3 is 1. The molecule has 0 radical (unpaired) electrons. The van der Waals surface area contributed by atoms with Crippen LogP contribution in [0.1, 0.15) is 17.0 Å². The zero-order valence-corrected chi connectivity index (χ0v) is 15.9. The first-order valence-electron chi connectivity index (χ1n) is 8.42. The molecular weight excluding hydrogens is 383 g/mol. The van der Waals surface area contributed by atoms with E-state index in [0.29, 0.717) is 22.4 Å². The zero-order chi connectivity index (χ0) is 18.5. The maximum absolute atomic E-state index is 6.46. The van der Waals surface area contributed by atoms with Crippen molar-refractivity contribution >= 4 is 39.7 Å². The molecule has 4 aromatic rings. The first kappa shape index (κ1) is 16.5. The molecule has 1 aliphatic heterocycles. The number of nitrogens with zero attached hydrogens (tertiary/aromatic N) is 2. The number of hydrogen-bond donors (Lipinski definition) is 0. The number of benzene rings is 2. The van der Waals surface area contributed by atoms with Gasteiger partial charge in [0.1, 0.15) is 11.5 Å². The average molecular weight is 397 g/mol. The molecule has 0 saturated carbocycles. The topological polar surface area (TPSA) is 39.7 Å². The van der Waals surface area contributed by atoms with Gasteiger partial charge in [0.05, 0.1) is 36.7 Å². The standard InChI is InChI=1S/C21H14Cl2N2O2/c1-26-18-6-2-4-12-11-27-21(19(12)18)20-16-5-3-7-25(16)17-9-13(22)8-15(23)14(17)10-24-20/h2-9,11H,10H2,1H3. The van der Waals surface area contributed by atoms with E-state index in [1.807, 2.05) is 47.2 Å². The summed E-state index contributed by atoms with van der Waals surface area (Å²) in [6.45, 7) is 0.430. The molecule has 0 saturated heterocycles. The van der Waals surface area contributed by atoms with Crippen LogP contribution >= 0.6 is 23.2 Å². The van der Waals surface area contributed by atoms with Crippen LogP contribution in [0, 0.1) is 0 Å². The van der Waals surface area contributed by atoms with Crippen LogP contribution in [-0.2, 0) is 6.54 Å². The molecule has 3 heterocycles. The van der Waals surface area contributed by atoms with Crippen LogP contribution in [-0.4, -0.2) is 17.4 Å². The lowest BCUT2D eigenvalue weighted by atomic mass is 10.1. The molecule has 0 aliphatic carbocycles. The minimum atomic E-state index is 0.430. The Morgan fingerprint density at radius 1 is 1.15 bits per heavy atom. The number of fused-ring (bicyclic) bond motifs is 4. The zero-order valence-electron chi connectivity index (χ0n) is 14.4. The SMILES string of the molecule is COc1cccc2coc(C3=NCc4c(Cl)cc(Cl)cc4-n4cccc43)c12. The van der Waals surface area contributed by atoms with Crippen molar-refractivity contribution in [3.63, 3.8) is 0 Å². The molecule has 2 aromatic heterocycles. The Labute approximate surface area is 165 Å². The van der Waals surface area contributed by atoms with Gasteiger partial charge in [0.2, 0.25) is 0 Å². The number of furan rings is 1. The largest absolute Gasteiger partial charge is 0.496 e. The highest BCUT2D eigenvalue weighted by atomic mass is 35.5. The summed E-state index contributed by atoms with van der Waals surface area (Å²) in [6, 6.07) is 13.5. The van der Waals surface area contributed by atoms with E-state index in [1.54, 1.807) is 19.4 Å². The fraction of sp³-hybridized carbons (Fsp3) is 0.0952. The predicted octanol–water partition coefficient (Wildman–Crippen LogP) is 5.89. The van der Waals surface area contributed by atoms with Crippen LogP contribution in [0.25, 0.3) is 16.5 Å². The van der Waals surface area contributed by atoms with Crippen molar-refractivity contribution in [1.82, 2.24) is 4.57 Å². The van der Waals surface area contributed by atoms with Crippen molar-refractivity contribution in [1.29, 1.82) is 0 Å². The summed E-state index contributed by atoms with van der Waals surface area (Å²) in [5.41, 5.74) is 3.52. The van der Waals surface area contributed by atoms with Gasteiger partial charge in [-0.1, -0.05) is 35.3 Å². The number of aromatic nitrogens is 1. The second-order valence-corrected chi connectivity index (χ2v) is 7.15. The summed E-state index contributed by atoms with van der Waals surface area (Å²) in [4.78, 5) is 4.86. The quantitative estimate of drug-likeness (QED) is 0.423. The summed E-state index contributed by atoms with van der Waals surface area (Å²) < 4.78 is 13.5. The van der Waals surface area contributed by atoms with E-state index >= 15 is 0 Å². The highest BCUT2D eigenvalue weighted by molar-refractivity contribution is 6.35. The monoisotopic (exact) mass is 396 g/mol. The Balaban J connectivity index is 1.79. The van der Waals surface area contributed by atoms with Gasteiger partial charge in [-0.15, -0.1) is 0 Å². The average Bonchev–Trinajstić information content (AvgIpc) is 3.28. The molecule has 0 N–H and O–H groups in total. The van der Waals surface area contributed by atoms with Gasteiger partial charge in [-0.2, -0.15) is 0 Å². The predicted molar refractivity (Wildman–Crippen MR) is 108 cm³/mol. The van der Waals surface area contributed by atoms with Crippen molar-refractivity contribution in [3.05, 3.63) is 82.0 Å². The van der Waals surface area contributed by atoms with Crippen LogP contribution in [0.3, 0.4) is 0 Å². The molecule has 0 bridgehead atoms. The van der Waals surface area contributed by atoms with E-state index in [9.17, 15) is 0 Å². The van der Waals surface area contributed by atoms with E-state index in [2.05, 4.69) is 0 Å². The fourth-order valence-corrected chi connectivity index (χ4v) is 4.13. The molecule has 0 unspecified atom stereocenters. The summed E-state index contributed by atoms with van der Waals surface area (Å²) in [7, 11) is 1.65. The lowest BCUT2D eigenvalue weighted by Gasteiger charge is -2.12. The Bertz CT molecular complexity index is 1220. The molecule has 27 heavy (non-hydrogen) atoms. The molecule has 0 fully saturated rings. The van der Waals surface area contributed by atoms with Crippen LogP contribution in [0.4, 0.5) is 0 Å². The Morgan fingerprint density at radius 3 is 2.89 bits per heavy atom. The first-order chi connectivity index (χ1) is 13.2. The lowest BCUT2D eigenvalue weighted by molar-refractivity contribution is 0.419. The molecule has 6 heteroatoms. The molecule has 134 valence electrons. The number of ether oxygens (including phenoxy) is 1. The second-order valence-electron chi connectivity index (χ2n) is 6.30. The minimum Gasteiger partial charge on any atom is -0.496 e. The molecule has 1 aliphatic rings. The minimum absolute atomic E-state index is 0.430.